The van der Waals surface area contributed by atoms with E-state index in [1.807, 2.05) is 37.3 Å². The number of hydrogen-bond donors (Lipinski definition) is 3. The molecule has 1 aliphatic rings. The van der Waals surface area contributed by atoms with Gasteiger partial charge in [-0.3, -0.25) is 9.59 Å². The number of ether oxygens (including phenoxy) is 3. The van der Waals surface area contributed by atoms with Crippen LogP contribution in [-0.4, -0.2) is 51.0 Å². The molecule has 1 amide bonds. The smallest absolute Gasteiger partial charge is 0.338 e. The highest BCUT2D eigenvalue weighted by Crippen LogP contribution is 2.43. The van der Waals surface area contributed by atoms with Gasteiger partial charge in [0.05, 0.1) is 24.4 Å². The lowest BCUT2D eigenvalue weighted by Crippen LogP contribution is -2.38. The Morgan fingerprint density at radius 3 is 2.51 bits per heavy atom. The second kappa shape index (κ2) is 13.7. The van der Waals surface area contributed by atoms with E-state index in [4.69, 9.17) is 14.2 Å². The maximum absolute atomic E-state index is 12.5. The molecular weight excluding hydrogens is 548 g/mol. The molecular formula is C30H32N2O8S. The molecule has 41 heavy (non-hydrogen) atoms. The van der Waals surface area contributed by atoms with E-state index < -0.39 is 30.2 Å². The molecule has 0 radical (unpaired) electrons. The number of anilines is 1. The molecule has 3 aromatic rings. The largest absolute Gasteiger partial charge is 0.478 e. The first-order valence-electron chi connectivity index (χ1n) is 13.1. The van der Waals surface area contributed by atoms with Crippen molar-refractivity contribution >= 4 is 35.3 Å². The van der Waals surface area contributed by atoms with Crippen molar-refractivity contribution in [2.75, 3.05) is 11.1 Å². The Morgan fingerprint density at radius 2 is 1.83 bits per heavy atom. The molecule has 1 aliphatic heterocycles. The average Bonchev–Trinajstić information content (AvgIpc) is 2.96. The monoisotopic (exact) mass is 580 g/mol. The van der Waals surface area contributed by atoms with Crippen molar-refractivity contribution in [1.29, 1.82) is 0 Å². The summed E-state index contributed by atoms with van der Waals surface area (Å²) < 4.78 is 17.8. The van der Waals surface area contributed by atoms with Crippen molar-refractivity contribution in [3.8, 4) is 0 Å². The van der Waals surface area contributed by atoms with E-state index in [9.17, 15) is 24.6 Å². The summed E-state index contributed by atoms with van der Waals surface area (Å²) in [4.78, 5) is 39.7. The molecule has 2 heterocycles. The van der Waals surface area contributed by atoms with Crippen LogP contribution in [0.25, 0.3) is 0 Å². The molecule has 0 saturated carbocycles. The number of carboxylic acid groups (broad SMARTS) is 1. The van der Waals surface area contributed by atoms with E-state index in [2.05, 4.69) is 10.3 Å². The molecule has 0 aliphatic carbocycles. The van der Waals surface area contributed by atoms with Crippen LogP contribution in [0.15, 0.2) is 71.9 Å². The van der Waals surface area contributed by atoms with Gasteiger partial charge in [-0.15, -0.1) is 11.8 Å². The number of amides is 1. The van der Waals surface area contributed by atoms with E-state index in [0.717, 1.165) is 11.1 Å². The molecule has 3 N–H and O–H groups in total. The summed E-state index contributed by atoms with van der Waals surface area (Å²) in [6, 6.07) is 17.6. The molecule has 1 fully saturated rings. The molecule has 1 saturated heterocycles. The van der Waals surface area contributed by atoms with Crippen molar-refractivity contribution in [3.05, 3.63) is 89.1 Å². The Bertz CT molecular complexity index is 1380. The fourth-order valence-electron chi connectivity index (χ4n) is 4.45. The van der Waals surface area contributed by atoms with E-state index >= 15 is 0 Å². The van der Waals surface area contributed by atoms with Crippen LogP contribution in [0.4, 0.5) is 5.69 Å². The zero-order valence-electron chi connectivity index (χ0n) is 22.9. The molecule has 2 aromatic carbocycles. The Balaban J connectivity index is 1.59. The number of benzene rings is 2. The summed E-state index contributed by atoms with van der Waals surface area (Å²) in [5, 5.41) is 22.2. The number of esters is 1. The summed E-state index contributed by atoms with van der Waals surface area (Å²) in [5.74, 6) is -1.79. The first-order chi connectivity index (χ1) is 19.7. The Labute approximate surface area is 242 Å². The van der Waals surface area contributed by atoms with Crippen LogP contribution in [0.2, 0.25) is 0 Å². The average molecular weight is 581 g/mol. The quantitative estimate of drug-likeness (QED) is 0.227. The number of carbonyl (C=O) groups is 3. The van der Waals surface area contributed by atoms with Gasteiger partial charge in [-0.1, -0.05) is 43.3 Å². The first kappa shape index (κ1) is 30.2. The van der Waals surface area contributed by atoms with Crippen molar-refractivity contribution in [1.82, 2.24) is 4.98 Å². The van der Waals surface area contributed by atoms with E-state index in [1.165, 1.54) is 31.7 Å². The maximum atomic E-state index is 12.5. The minimum atomic E-state index is -1.05. The van der Waals surface area contributed by atoms with Crippen molar-refractivity contribution in [3.63, 3.8) is 0 Å². The van der Waals surface area contributed by atoms with Gasteiger partial charge >= 0.3 is 11.9 Å². The van der Waals surface area contributed by atoms with Crippen LogP contribution >= 0.6 is 11.8 Å². The zero-order valence-corrected chi connectivity index (χ0v) is 23.7. The topological polar surface area (TPSA) is 144 Å². The van der Waals surface area contributed by atoms with Crippen LogP contribution in [0.3, 0.4) is 0 Å². The molecule has 0 spiro atoms. The normalized spacial score (nSPS) is 21.1. The highest BCUT2D eigenvalue weighted by atomic mass is 32.2. The fourth-order valence-corrected chi connectivity index (χ4v) is 5.60. The van der Waals surface area contributed by atoms with Gasteiger partial charge in [0.1, 0.15) is 5.03 Å². The highest BCUT2D eigenvalue weighted by molar-refractivity contribution is 7.99. The molecule has 4 rings (SSSR count). The van der Waals surface area contributed by atoms with E-state index in [-0.39, 0.29) is 30.3 Å². The summed E-state index contributed by atoms with van der Waals surface area (Å²) in [5.41, 5.74) is 2.94. The predicted octanol–water partition coefficient (Wildman–Crippen LogP) is 4.75. The molecule has 1 unspecified atom stereocenters. The van der Waals surface area contributed by atoms with Gasteiger partial charge in [0.2, 0.25) is 0 Å². The van der Waals surface area contributed by atoms with Crippen molar-refractivity contribution in [2.24, 2.45) is 5.92 Å². The van der Waals surface area contributed by atoms with E-state index in [1.54, 1.807) is 30.5 Å². The Hall–Kier alpha value is -3.77. The van der Waals surface area contributed by atoms with Crippen LogP contribution < -0.4 is 5.32 Å². The number of thioether (sulfide) groups is 1. The van der Waals surface area contributed by atoms with Gasteiger partial charge in [-0.05, 0) is 42.3 Å². The predicted molar refractivity (Wildman–Crippen MR) is 151 cm³/mol. The van der Waals surface area contributed by atoms with Gasteiger partial charge in [0, 0.05) is 36.0 Å². The Kier molecular flexibility index (Phi) is 10.1. The van der Waals surface area contributed by atoms with Crippen molar-refractivity contribution < 1.29 is 38.8 Å². The molecule has 1 aromatic heterocycles. The van der Waals surface area contributed by atoms with Crippen molar-refractivity contribution in [2.45, 2.75) is 57.0 Å². The molecule has 5 atom stereocenters. The second-order valence-corrected chi connectivity index (χ2v) is 10.7. The minimum Gasteiger partial charge on any atom is -0.478 e. The van der Waals surface area contributed by atoms with Gasteiger partial charge in [-0.25, -0.2) is 9.78 Å². The number of carboxylic acids is 1. The summed E-state index contributed by atoms with van der Waals surface area (Å²) in [6.45, 7) is 4.66. The van der Waals surface area contributed by atoms with Crippen LogP contribution in [-0.2, 0) is 30.4 Å². The minimum absolute atomic E-state index is 0.0725. The van der Waals surface area contributed by atoms with Gasteiger partial charge in [0.15, 0.2) is 12.4 Å². The van der Waals surface area contributed by atoms with Gasteiger partial charge in [-0.2, -0.15) is 0 Å². The second-order valence-electron chi connectivity index (χ2n) is 9.66. The van der Waals surface area contributed by atoms with Crippen LogP contribution in [0.5, 0.6) is 0 Å². The third-order valence-corrected chi connectivity index (χ3v) is 7.74. The number of aromatic nitrogens is 1. The zero-order chi connectivity index (χ0) is 29.5. The number of nitrogens with zero attached hydrogens (tertiary/aromatic N) is 1. The Morgan fingerprint density at radius 1 is 1.07 bits per heavy atom. The standard InChI is InChI=1S/C30H32N2O8S/c1-17-25(16-41-28-24(29(36)37)8-5-13-31-28)39-30(40-26(17)21-11-9-20(15-33)10-12-21)22-6-4-7-23(14-22)32-27(35)18(2)38-19(3)34/h4-14,17-18,25-26,30,33H,15-16H2,1-3H3,(H,32,35)(H,36,37)/t17-,18-,25+,26+,30?/m0/s1. The van der Waals surface area contributed by atoms with Gasteiger partial charge < -0.3 is 29.7 Å². The lowest BCUT2D eigenvalue weighted by Gasteiger charge is -2.41. The van der Waals surface area contributed by atoms with Crippen LogP contribution in [0.1, 0.15) is 60.2 Å². The van der Waals surface area contributed by atoms with E-state index in [0.29, 0.717) is 22.0 Å². The van der Waals surface area contributed by atoms with Crippen LogP contribution in [0, 0.1) is 5.92 Å². The number of aliphatic hydroxyl groups excluding tert-OH is 1. The number of aromatic carboxylic acids is 1. The maximum Gasteiger partial charge on any atom is 0.338 e. The highest BCUT2D eigenvalue weighted by Gasteiger charge is 2.38. The number of pyridine rings is 1. The number of carbonyl (C=O) groups excluding carboxylic acids is 2. The molecule has 11 heteroatoms. The summed E-state index contributed by atoms with van der Waals surface area (Å²) >= 11 is 1.30. The SMILES string of the molecule is CC(=O)O[C@@H](C)C(=O)Nc1cccc(C2O[C@H](CSc3ncccc3C(=O)O)[C@H](C)[C@H](c3ccc(CO)cc3)O2)c1. The number of hydrogen-bond acceptors (Lipinski definition) is 9. The number of nitrogens with one attached hydrogen (secondary N) is 1. The first-order valence-corrected chi connectivity index (χ1v) is 14.0. The number of rotatable bonds is 10. The number of aliphatic hydroxyl groups is 1. The third-order valence-electron chi connectivity index (χ3n) is 6.65. The molecule has 216 valence electrons. The van der Waals surface area contributed by atoms with Gasteiger partial charge in [0.25, 0.3) is 5.91 Å². The lowest BCUT2D eigenvalue weighted by molar-refractivity contribution is -0.268. The fraction of sp³-hybridized carbons (Fsp3) is 0.333. The molecule has 10 nitrogen and oxygen atoms in total. The lowest BCUT2D eigenvalue weighted by atomic mass is 9.91. The third kappa shape index (κ3) is 7.70. The summed E-state index contributed by atoms with van der Waals surface area (Å²) in [6.07, 6.45) is -0.942. The molecule has 0 bridgehead atoms. The summed E-state index contributed by atoms with van der Waals surface area (Å²) in [7, 11) is 0.